The summed E-state index contributed by atoms with van der Waals surface area (Å²) in [6.07, 6.45) is 7.07. The minimum Gasteiger partial charge on any atom is -0.478 e. The van der Waals surface area contributed by atoms with Crippen molar-refractivity contribution < 1.29 is 42.4 Å². The zero-order chi connectivity index (χ0) is 28.0. The van der Waals surface area contributed by atoms with Gasteiger partial charge in [-0.3, -0.25) is 4.72 Å². The maximum Gasteiger partial charge on any atom is 0.332 e. The molecule has 0 aromatic heterocycles. The molecule has 1 saturated heterocycles. The summed E-state index contributed by atoms with van der Waals surface area (Å²) >= 11 is 0. The quantitative estimate of drug-likeness (QED) is 0.252. The van der Waals surface area contributed by atoms with E-state index in [0.29, 0.717) is 18.4 Å². The molecule has 2 aliphatic rings. The Balaban J connectivity index is 1.82. The van der Waals surface area contributed by atoms with Gasteiger partial charge in [-0.2, -0.15) is 0 Å². The Hall–Kier alpha value is -2.05. The fourth-order valence-corrected chi connectivity index (χ4v) is 6.88. The maximum atomic E-state index is 14.0. The first-order valence-corrected chi connectivity index (χ1v) is 15.0. The number of unbranched alkanes of at least 4 members (excludes halogenated alkanes) is 5. The Morgan fingerprint density at radius 3 is 2.47 bits per heavy atom. The molecule has 1 aliphatic carbocycles. The molecule has 11 heteroatoms. The second kappa shape index (κ2) is 12.9. The number of halogens is 1. The van der Waals surface area contributed by atoms with Crippen LogP contribution >= 0.6 is 0 Å². The number of aryl methyl sites for hydroxylation is 1. The monoisotopic (exact) mass is 557 g/mol. The summed E-state index contributed by atoms with van der Waals surface area (Å²) in [6, 6.07) is 3.84. The molecule has 0 amide bonds. The van der Waals surface area contributed by atoms with E-state index >= 15 is 0 Å². The number of sulfonamides is 1. The molecule has 1 aromatic rings. The van der Waals surface area contributed by atoms with Gasteiger partial charge < -0.3 is 24.8 Å². The summed E-state index contributed by atoms with van der Waals surface area (Å²) in [5.41, 5.74) is -0.923. The fourth-order valence-electron chi connectivity index (χ4n) is 5.31. The Morgan fingerprint density at radius 1 is 1.16 bits per heavy atom. The highest BCUT2D eigenvalue weighted by atomic mass is 32.2. The van der Waals surface area contributed by atoms with Crippen molar-refractivity contribution in [3.05, 3.63) is 41.2 Å². The number of aliphatic hydroxyl groups excluding tert-OH is 2. The van der Waals surface area contributed by atoms with Crippen LogP contribution in [0.15, 0.2) is 29.8 Å². The number of carboxylic acid groups (broad SMARTS) is 1. The number of aliphatic hydroxyl groups is 2. The number of rotatable bonds is 14. The third-order valence-electron chi connectivity index (χ3n) is 7.55. The first-order valence-electron chi connectivity index (χ1n) is 13.4. The summed E-state index contributed by atoms with van der Waals surface area (Å²) in [6.45, 7) is 2.97. The maximum absolute atomic E-state index is 14.0. The zero-order valence-corrected chi connectivity index (χ0v) is 22.9. The van der Waals surface area contributed by atoms with Crippen molar-refractivity contribution in [1.29, 1.82) is 0 Å². The van der Waals surface area contributed by atoms with Crippen LogP contribution in [0.2, 0.25) is 0 Å². The van der Waals surface area contributed by atoms with Crippen LogP contribution in [0.3, 0.4) is 0 Å². The SMILES string of the molecule is CCCCCCCCc1cc(F)ccc1NS(=O)(=O)C1CCC2(C=C1C(=O)O)O[C@H](CO)[C@@](CC)(CO)O2. The molecule has 1 spiro atoms. The third-order valence-corrected chi connectivity index (χ3v) is 9.30. The van der Waals surface area contributed by atoms with E-state index in [1.807, 2.05) is 0 Å². The third kappa shape index (κ3) is 6.74. The summed E-state index contributed by atoms with van der Waals surface area (Å²) in [7, 11) is -4.25. The van der Waals surface area contributed by atoms with Crippen LogP contribution in [0.1, 0.15) is 77.2 Å². The highest BCUT2D eigenvalue weighted by Crippen LogP contribution is 2.46. The minimum atomic E-state index is -4.25. The van der Waals surface area contributed by atoms with Crippen molar-refractivity contribution >= 4 is 21.7 Å². The number of nitrogens with one attached hydrogen (secondary N) is 1. The number of benzene rings is 1. The molecule has 214 valence electrons. The first-order chi connectivity index (χ1) is 18.0. The van der Waals surface area contributed by atoms with Crippen molar-refractivity contribution in [1.82, 2.24) is 0 Å². The number of anilines is 1. The lowest BCUT2D eigenvalue weighted by atomic mass is 9.93. The molecule has 4 N–H and O–H groups in total. The number of carbonyl (C=O) groups is 1. The Labute approximate surface area is 224 Å². The molecule has 0 bridgehead atoms. The van der Waals surface area contributed by atoms with Crippen LogP contribution in [0, 0.1) is 5.82 Å². The number of carboxylic acids is 1. The van der Waals surface area contributed by atoms with Crippen LogP contribution in [-0.4, -0.2) is 65.7 Å². The largest absolute Gasteiger partial charge is 0.478 e. The molecule has 38 heavy (non-hydrogen) atoms. The zero-order valence-electron chi connectivity index (χ0n) is 22.1. The Bertz CT molecular complexity index is 1100. The average molecular weight is 558 g/mol. The van der Waals surface area contributed by atoms with Crippen LogP contribution < -0.4 is 4.72 Å². The van der Waals surface area contributed by atoms with Gasteiger partial charge in [0.15, 0.2) is 5.79 Å². The van der Waals surface area contributed by atoms with Crippen molar-refractivity contribution in [3.63, 3.8) is 0 Å². The van der Waals surface area contributed by atoms with Gasteiger partial charge in [0.05, 0.1) is 24.5 Å². The highest BCUT2D eigenvalue weighted by molar-refractivity contribution is 7.93. The summed E-state index contributed by atoms with van der Waals surface area (Å²) in [5, 5.41) is 28.2. The highest BCUT2D eigenvalue weighted by Gasteiger charge is 2.57. The van der Waals surface area contributed by atoms with Crippen molar-refractivity contribution in [2.45, 2.75) is 101 Å². The topological polar surface area (TPSA) is 142 Å². The van der Waals surface area contributed by atoms with Crippen LogP contribution in [0.5, 0.6) is 0 Å². The number of hydrogen-bond acceptors (Lipinski definition) is 7. The number of hydrogen-bond donors (Lipinski definition) is 4. The van der Waals surface area contributed by atoms with E-state index in [1.54, 1.807) is 6.92 Å². The molecule has 2 unspecified atom stereocenters. The van der Waals surface area contributed by atoms with Gasteiger partial charge in [0.1, 0.15) is 22.8 Å². The molecule has 0 saturated carbocycles. The Morgan fingerprint density at radius 2 is 1.87 bits per heavy atom. The van der Waals surface area contributed by atoms with Crippen molar-refractivity contribution in [2.24, 2.45) is 0 Å². The van der Waals surface area contributed by atoms with Crippen molar-refractivity contribution in [2.75, 3.05) is 17.9 Å². The summed E-state index contributed by atoms with van der Waals surface area (Å²) < 4.78 is 55.3. The Kier molecular flexibility index (Phi) is 10.3. The van der Waals surface area contributed by atoms with E-state index in [0.717, 1.165) is 44.6 Å². The van der Waals surface area contributed by atoms with Gasteiger partial charge >= 0.3 is 5.97 Å². The molecule has 1 aromatic carbocycles. The lowest BCUT2D eigenvalue weighted by Crippen LogP contribution is -2.46. The number of ether oxygens (including phenoxy) is 2. The molecule has 3 rings (SSSR count). The van der Waals surface area contributed by atoms with E-state index in [9.17, 15) is 32.9 Å². The molecule has 0 radical (unpaired) electrons. The van der Waals surface area contributed by atoms with Gasteiger partial charge in [-0.15, -0.1) is 0 Å². The molecular weight excluding hydrogens is 517 g/mol. The average Bonchev–Trinajstić information content (AvgIpc) is 3.20. The van der Waals surface area contributed by atoms with E-state index in [-0.39, 0.29) is 18.5 Å². The van der Waals surface area contributed by atoms with Gasteiger partial charge in [-0.05, 0) is 55.5 Å². The molecular formula is C27H40FNO8S. The van der Waals surface area contributed by atoms with Gasteiger partial charge in [0.2, 0.25) is 10.0 Å². The summed E-state index contributed by atoms with van der Waals surface area (Å²) in [4.78, 5) is 12.2. The fraction of sp³-hybridized carbons (Fsp3) is 0.667. The van der Waals surface area contributed by atoms with Gasteiger partial charge in [0.25, 0.3) is 0 Å². The second-order valence-electron chi connectivity index (χ2n) is 10.2. The van der Waals surface area contributed by atoms with Crippen molar-refractivity contribution in [3.8, 4) is 0 Å². The van der Waals surface area contributed by atoms with E-state index in [2.05, 4.69) is 11.6 Å². The summed E-state index contributed by atoms with van der Waals surface area (Å²) in [5.74, 6) is -3.50. The van der Waals surface area contributed by atoms with Gasteiger partial charge in [-0.1, -0.05) is 46.0 Å². The predicted octanol–water partition coefficient (Wildman–Crippen LogP) is 3.89. The molecule has 1 fully saturated rings. The predicted molar refractivity (Wildman–Crippen MR) is 141 cm³/mol. The van der Waals surface area contributed by atoms with Crippen LogP contribution in [-0.2, 0) is 30.7 Å². The second-order valence-corrected chi connectivity index (χ2v) is 12.0. The lowest BCUT2D eigenvalue weighted by Gasteiger charge is -2.34. The van der Waals surface area contributed by atoms with Gasteiger partial charge in [0, 0.05) is 6.42 Å². The van der Waals surface area contributed by atoms with Gasteiger partial charge in [-0.25, -0.2) is 17.6 Å². The van der Waals surface area contributed by atoms with Crippen LogP contribution in [0.25, 0.3) is 0 Å². The van der Waals surface area contributed by atoms with E-state index in [4.69, 9.17) is 9.47 Å². The molecule has 1 heterocycles. The molecule has 9 nitrogen and oxygen atoms in total. The van der Waals surface area contributed by atoms with Crippen LogP contribution in [0.4, 0.5) is 10.1 Å². The molecule has 4 atom stereocenters. The standard InChI is InChI=1S/C27H40FNO8S/c1-3-5-6-7-8-9-10-19-15-20(28)11-12-22(19)29-38(34,35)23-13-14-27(16-21(23)25(32)33)36-24(17-30)26(4-2,18-31)37-27/h11-12,15-16,23-24,29-31H,3-10,13-14,17-18H2,1-2H3,(H,32,33)/t23?,24-,26-,27?/m1/s1. The normalized spacial score (nSPS) is 27.4. The smallest absolute Gasteiger partial charge is 0.332 e. The van der Waals surface area contributed by atoms with E-state index in [1.165, 1.54) is 18.2 Å². The number of aliphatic carboxylic acids is 1. The first kappa shape index (κ1) is 30.5. The molecule has 1 aliphatic heterocycles. The lowest BCUT2D eigenvalue weighted by molar-refractivity contribution is -0.171. The van der Waals surface area contributed by atoms with E-state index < -0.39 is 63.3 Å². The minimum absolute atomic E-state index is 0.00163.